The molecule has 4 rings (SSSR count). The number of nitrogens with one attached hydrogen (secondary N) is 1. The van der Waals surface area contributed by atoms with Gasteiger partial charge in [-0.2, -0.15) is 0 Å². The highest BCUT2D eigenvalue weighted by molar-refractivity contribution is 6.40. The van der Waals surface area contributed by atoms with Crippen molar-refractivity contribution in [2.75, 3.05) is 24.4 Å². The number of imidazole rings is 1. The monoisotopic (exact) mass is 472 g/mol. The SMILES string of the molecule is COc1ccc(N(C)c2cc3ccccc3oc2=O)cc1NC(=O)Cn1cnc(Cl)c1Cl. The third kappa shape index (κ3) is 4.28. The van der Waals surface area contributed by atoms with Gasteiger partial charge in [-0.3, -0.25) is 4.79 Å². The second-order valence-electron chi connectivity index (χ2n) is 6.90. The van der Waals surface area contributed by atoms with Crippen molar-refractivity contribution in [1.29, 1.82) is 0 Å². The summed E-state index contributed by atoms with van der Waals surface area (Å²) in [7, 11) is 3.24. The molecule has 0 saturated heterocycles. The van der Waals surface area contributed by atoms with Gasteiger partial charge in [-0.05, 0) is 30.3 Å². The number of para-hydroxylation sites is 1. The molecule has 32 heavy (non-hydrogen) atoms. The molecular weight excluding hydrogens is 455 g/mol. The lowest BCUT2D eigenvalue weighted by atomic mass is 10.2. The van der Waals surface area contributed by atoms with Crippen LogP contribution in [-0.4, -0.2) is 29.6 Å². The number of aromatic nitrogens is 2. The van der Waals surface area contributed by atoms with E-state index in [2.05, 4.69) is 10.3 Å². The summed E-state index contributed by atoms with van der Waals surface area (Å²) >= 11 is 11.9. The molecule has 0 fully saturated rings. The van der Waals surface area contributed by atoms with Crippen molar-refractivity contribution in [2.24, 2.45) is 0 Å². The van der Waals surface area contributed by atoms with Gasteiger partial charge in [-0.25, -0.2) is 9.78 Å². The minimum atomic E-state index is -0.473. The summed E-state index contributed by atoms with van der Waals surface area (Å²) in [4.78, 5) is 30.6. The second kappa shape index (κ2) is 8.94. The topological polar surface area (TPSA) is 89.6 Å². The molecule has 0 saturated carbocycles. The average Bonchev–Trinajstić information content (AvgIpc) is 3.10. The Morgan fingerprint density at radius 1 is 1.22 bits per heavy atom. The van der Waals surface area contributed by atoms with E-state index in [1.54, 1.807) is 48.3 Å². The summed E-state index contributed by atoms with van der Waals surface area (Å²) < 4.78 is 12.2. The van der Waals surface area contributed by atoms with Gasteiger partial charge in [0.25, 0.3) is 0 Å². The highest BCUT2D eigenvalue weighted by atomic mass is 35.5. The number of nitrogens with zero attached hydrogens (tertiary/aromatic N) is 3. The predicted molar refractivity (Wildman–Crippen MR) is 124 cm³/mol. The molecule has 2 aromatic carbocycles. The number of fused-ring (bicyclic) bond motifs is 1. The minimum absolute atomic E-state index is 0.0873. The Labute approximate surface area is 192 Å². The van der Waals surface area contributed by atoms with Gasteiger partial charge in [-0.1, -0.05) is 41.4 Å². The standard InChI is InChI=1S/C22H18Cl2N4O4/c1-27(16-9-13-5-3-4-6-17(13)32-22(16)30)14-7-8-18(31-2)15(10-14)26-19(29)11-28-12-25-20(23)21(28)24/h3-10,12H,11H2,1-2H3,(H,26,29). The van der Waals surface area contributed by atoms with E-state index in [-0.39, 0.29) is 22.8 Å². The van der Waals surface area contributed by atoms with Crippen LogP contribution in [-0.2, 0) is 11.3 Å². The van der Waals surface area contributed by atoms with Crippen LogP contribution in [0.25, 0.3) is 11.0 Å². The van der Waals surface area contributed by atoms with Gasteiger partial charge < -0.3 is 23.9 Å². The maximum absolute atomic E-state index is 12.6. The van der Waals surface area contributed by atoms with Crippen LogP contribution in [0.5, 0.6) is 5.75 Å². The molecule has 2 heterocycles. The van der Waals surface area contributed by atoms with E-state index >= 15 is 0 Å². The molecule has 0 bridgehead atoms. The fourth-order valence-corrected chi connectivity index (χ4v) is 3.53. The van der Waals surface area contributed by atoms with Gasteiger partial charge >= 0.3 is 5.63 Å². The molecule has 2 aromatic heterocycles. The lowest BCUT2D eigenvalue weighted by molar-refractivity contribution is -0.116. The Bertz CT molecular complexity index is 1370. The largest absolute Gasteiger partial charge is 0.495 e. The molecule has 164 valence electrons. The summed E-state index contributed by atoms with van der Waals surface area (Å²) in [6.45, 7) is -0.0873. The third-order valence-corrected chi connectivity index (χ3v) is 5.65. The summed E-state index contributed by atoms with van der Waals surface area (Å²) in [5, 5.41) is 3.88. The second-order valence-corrected chi connectivity index (χ2v) is 7.62. The lowest BCUT2D eigenvalue weighted by Gasteiger charge is -2.20. The van der Waals surface area contributed by atoms with Crippen LogP contribution in [0.1, 0.15) is 0 Å². The van der Waals surface area contributed by atoms with Crippen molar-refractivity contribution in [2.45, 2.75) is 6.54 Å². The zero-order chi connectivity index (χ0) is 22.8. The molecule has 1 amide bonds. The number of methoxy groups -OCH3 is 1. The van der Waals surface area contributed by atoms with Crippen LogP contribution in [0.3, 0.4) is 0 Å². The molecule has 0 radical (unpaired) electrons. The van der Waals surface area contributed by atoms with Crippen LogP contribution in [0.2, 0.25) is 10.3 Å². The smallest absolute Gasteiger partial charge is 0.360 e. The number of halogens is 2. The Morgan fingerprint density at radius 3 is 2.72 bits per heavy atom. The first-order valence-corrected chi connectivity index (χ1v) is 10.2. The zero-order valence-corrected chi connectivity index (χ0v) is 18.6. The van der Waals surface area contributed by atoms with Crippen LogP contribution in [0, 0.1) is 0 Å². The van der Waals surface area contributed by atoms with Gasteiger partial charge in [-0.15, -0.1) is 0 Å². The van der Waals surface area contributed by atoms with Gasteiger partial charge in [0.1, 0.15) is 28.7 Å². The first kappa shape index (κ1) is 21.7. The van der Waals surface area contributed by atoms with Crippen molar-refractivity contribution in [3.05, 3.63) is 75.6 Å². The molecule has 0 aliphatic carbocycles. The molecular formula is C22H18Cl2N4O4. The number of benzene rings is 2. The van der Waals surface area contributed by atoms with Crippen molar-refractivity contribution < 1.29 is 13.9 Å². The lowest BCUT2D eigenvalue weighted by Crippen LogP contribution is -2.20. The number of hydrogen-bond acceptors (Lipinski definition) is 6. The Kier molecular flexibility index (Phi) is 6.07. The van der Waals surface area contributed by atoms with Crippen molar-refractivity contribution in [3.63, 3.8) is 0 Å². The number of carbonyl (C=O) groups excluding carboxylic acids is 1. The molecule has 10 heteroatoms. The molecule has 4 aromatic rings. The molecule has 0 atom stereocenters. The fraction of sp³-hybridized carbons (Fsp3) is 0.136. The summed E-state index contributed by atoms with van der Waals surface area (Å²) in [6, 6.07) is 14.2. The fourth-order valence-electron chi connectivity index (χ4n) is 3.22. The number of amides is 1. The van der Waals surface area contributed by atoms with Crippen molar-refractivity contribution >= 4 is 57.1 Å². The summed E-state index contributed by atoms with van der Waals surface area (Å²) in [5.41, 5.74) is 1.46. The van der Waals surface area contributed by atoms with E-state index in [9.17, 15) is 9.59 Å². The van der Waals surface area contributed by atoms with Gasteiger partial charge in [0, 0.05) is 18.1 Å². The highest BCUT2D eigenvalue weighted by Gasteiger charge is 2.16. The number of anilines is 3. The maximum Gasteiger partial charge on any atom is 0.360 e. The molecule has 0 unspecified atom stereocenters. The Hall–Kier alpha value is -3.49. The van der Waals surface area contributed by atoms with Crippen LogP contribution < -0.4 is 20.6 Å². The number of hydrogen-bond donors (Lipinski definition) is 1. The van der Waals surface area contributed by atoms with E-state index in [1.807, 2.05) is 12.1 Å². The van der Waals surface area contributed by atoms with Gasteiger partial charge in [0.05, 0.1) is 19.1 Å². The average molecular weight is 473 g/mol. The van der Waals surface area contributed by atoms with Gasteiger partial charge in [0.15, 0.2) is 5.15 Å². The normalized spacial score (nSPS) is 10.9. The van der Waals surface area contributed by atoms with E-state index in [0.29, 0.717) is 28.4 Å². The molecule has 8 nitrogen and oxygen atoms in total. The number of carbonyl (C=O) groups is 1. The quantitative estimate of drug-likeness (QED) is 0.408. The van der Waals surface area contributed by atoms with E-state index < -0.39 is 5.63 Å². The number of rotatable bonds is 6. The van der Waals surface area contributed by atoms with Crippen molar-refractivity contribution in [1.82, 2.24) is 9.55 Å². The maximum atomic E-state index is 12.6. The predicted octanol–water partition coefficient (Wildman–Crippen LogP) is 4.71. The van der Waals surface area contributed by atoms with Crippen LogP contribution >= 0.6 is 23.2 Å². The third-order valence-electron chi connectivity index (χ3n) is 4.88. The first-order chi connectivity index (χ1) is 15.4. The molecule has 0 aliphatic heterocycles. The van der Waals surface area contributed by atoms with E-state index in [1.165, 1.54) is 18.0 Å². The van der Waals surface area contributed by atoms with Crippen LogP contribution in [0.15, 0.2) is 64.1 Å². The summed E-state index contributed by atoms with van der Waals surface area (Å²) in [6.07, 6.45) is 1.38. The minimum Gasteiger partial charge on any atom is -0.495 e. The van der Waals surface area contributed by atoms with E-state index in [4.69, 9.17) is 32.4 Å². The Balaban J connectivity index is 1.63. The van der Waals surface area contributed by atoms with Gasteiger partial charge in [0.2, 0.25) is 5.91 Å². The molecule has 0 spiro atoms. The van der Waals surface area contributed by atoms with E-state index in [0.717, 1.165) is 5.39 Å². The molecule has 1 N–H and O–H groups in total. The first-order valence-electron chi connectivity index (χ1n) is 9.48. The highest BCUT2D eigenvalue weighted by Crippen LogP contribution is 2.32. The number of ether oxygens (including phenoxy) is 1. The van der Waals surface area contributed by atoms with Crippen LogP contribution in [0.4, 0.5) is 17.1 Å². The zero-order valence-electron chi connectivity index (χ0n) is 17.1. The Morgan fingerprint density at radius 2 is 2.00 bits per heavy atom. The van der Waals surface area contributed by atoms with Crippen molar-refractivity contribution in [3.8, 4) is 5.75 Å². The molecule has 0 aliphatic rings. The summed E-state index contributed by atoms with van der Waals surface area (Å²) in [5.74, 6) is 0.0973.